The zero-order valence-electron chi connectivity index (χ0n) is 11.0. The van der Waals surface area contributed by atoms with Crippen molar-refractivity contribution in [3.05, 3.63) is 11.9 Å². The van der Waals surface area contributed by atoms with Gasteiger partial charge in [-0.2, -0.15) is 5.10 Å². The molecule has 1 unspecified atom stereocenters. The van der Waals surface area contributed by atoms with Crippen molar-refractivity contribution in [1.82, 2.24) is 20.0 Å². The number of rotatable bonds is 4. The van der Waals surface area contributed by atoms with E-state index >= 15 is 0 Å². The fraction of sp³-hybridized carbons (Fsp3) is 0.667. The average molecular weight is 251 g/mol. The van der Waals surface area contributed by atoms with Crippen LogP contribution in [0.2, 0.25) is 0 Å². The highest BCUT2D eigenvalue weighted by Gasteiger charge is 2.30. The number of H-pyrrole nitrogens is 1. The van der Waals surface area contributed by atoms with Crippen molar-refractivity contribution in [2.24, 2.45) is 0 Å². The number of anilines is 1. The second-order valence-electron chi connectivity index (χ2n) is 4.62. The molecule has 1 atom stereocenters. The van der Waals surface area contributed by atoms with Gasteiger partial charge in [0.05, 0.1) is 11.9 Å². The van der Waals surface area contributed by atoms with Crippen molar-refractivity contribution >= 4 is 11.6 Å². The zero-order chi connectivity index (χ0) is 13.1. The first kappa shape index (κ1) is 12.9. The molecule has 1 aliphatic heterocycles. The third-order valence-electron chi connectivity index (χ3n) is 3.66. The summed E-state index contributed by atoms with van der Waals surface area (Å²) in [6, 6.07) is 0.466. The van der Waals surface area contributed by atoms with Gasteiger partial charge in [0.1, 0.15) is 5.69 Å². The highest BCUT2D eigenvalue weighted by molar-refractivity contribution is 5.97. The quantitative estimate of drug-likeness (QED) is 0.819. The van der Waals surface area contributed by atoms with Crippen molar-refractivity contribution in [2.45, 2.75) is 26.3 Å². The second-order valence-corrected chi connectivity index (χ2v) is 4.62. The van der Waals surface area contributed by atoms with Crippen LogP contribution in [-0.2, 0) is 0 Å². The lowest BCUT2D eigenvalue weighted by atomic mass is 10.2. The van der Waals surface area contributed by atoms with Crippen LogP contribution < -0.4 is 5.73 Å². The molecule has 6 nitrogen and oxygen atoms in total. The maximum atomic E-state index is 12.2. The van der Waals surface area contributed by atoms with Crippen LogP contribution in [0.5, 0.6) is 0 Å². The zero-order valence-corrected chi connectivity index (χ0v) is 11.0. The molecule has 0 saturated carbocycles. The SMILES string of the molecule is CCN(CC)C1CCN(C(=O)c2[nH]ncc2N)C1. The van der Waals surface area contributed by atoms with E-state index in [-0.39, 0.29) is 5.91 Å². The first-order valence-electron chi connectivity index (χ1n) is 6.49. The monoisotopic (exact) mass is 251 g/mol. The minimum Gasteiger partial charge on any atom is -0.396 e. The molecule has 100 valence electrons. The Bertz CT molecular complexity index is 412. The Kier molecular flexibility index (Phi) is 3.86. The lowest BCUT2D eigenvalue weighted by molar-refractivity contribution is 0.0773. The maximum Gasteiger partial charge on any atom is 0.274 e. The summed E-state index contributed by atoms with van der Waals surface area (Å²) in [6.07, 6.45) is 2.51. The van der Waals surface area contributed by atoms with Gasteiger partial charge in [-0.15, -0.1) is 0 Å². The van der Waals surface area contributed by atoms with Gasteiger partial charge in [-0.05, 0) is 19.5 Å². The molecule has 1 aromatic heterocycles. The van der Waals surface area contributed by atoms with Gasteiger partial charge in [-0.3, -0.25) is 14.8 Å². The molecule has 1 aliphatic rings. The molecule has 0 bridgehead atoms. The van der Waals surface area contributed by atoms with Crippen LogP contribution in [0.3, 0.4) is 0 Å². The Morgan fingerprint density at radius 3 is 2.89 bits per heavy atom. The number of aromatic nitrogens is 2. The number of hydrogen-bond acceptors (Lipinski definition) is 4. The van der Waals surface area contributed by atoms with Crippen LogP contribution in [0.25, 0.3) is 0 Å². The number of amides is 1. The van der Waals surface area contributed by atoms with Crippen LogP contribution in [0, 0.1) is 0 Å². The van der Waals surface area contributed by atoms with E-state index in [2.05, 4.69) is 28.9 Å². The van der Waals surface area contributed by atoms with Crippen molar-refractivity contribution in [3.8, 4) is 0 Å². The van der Waals surface area contributed by atoms with E-state index in [9.17, 15) is 4.79 Å². The predicted molar refractivity (Wildman–Crippen MR) is 70.2 cm³/mol. The van der Waals surface area contributed by atoms with Crippen molar-refractivity contribution < 1.29 is 4.79 Å². The summed E-state index contributed by atoms with van der Waals surface area (Å²) in [5.41, 5.74) is 6.54. The topological polar surface area (TPSA) is 78.2 Å². The number of carbonyl (C=O) groups is 1. The van der Waals surface area contributed by atoms with Crippen molar-refractivity contribution in [2.75, 3.05) is 31.9 Å². The van der Waals surface area contributed by atoms with Crippen LogP contribution in [-0.4, -0.2) is 58.1 Å². The van der Waals surface area contributed by atoms with Gasteiger partial charge in [0.25, 0.3) is 5.91 Å². The number of likely N-dealkylation sites (tertiary alicyclic amines) is 1. The number of nitrogens with zero attached hydrogens (tertiary/aromatic N) is 3. The van der Waals surface area contributed by atoms with Crippen molar-refractivity contribution in [3.63, 3.8) is 0 Å². The van der Waals surface area contributed by atoms with Crippen LogP contribution in [0.4, 0.5) is 5.69 Å². The van der Waals surface area contributed by atoms with Gasteiger partial charge in [0.15, 0.2) is 0 Å². The molecule has 6 heteroatoms. The molecule has 1 saturated heterocycles. The minimum absolute atomic E-state index is 0.0420. The van der Waals surface area contributed by atoms with E-state index in [0.29, 0.717) is 17.4 Å². The van der Waals surface area contributed by atoms with E-state index < -0.39 is 0 Å². The molecule has 0 aromatic carbocycles. The summed E-state index contributed by atoms with van der Waals surface area (Å²) in [5.74, 6) is -0.0420. The summed E-state index contributed by atoms with van der Waals surface area (Å²) in [6.45, 7) is 7.92. The first-order valence-corrected chi connectivity index (χ1v) is 6.49. The average Bonchev–Trinajstić information content (AvgIpc) is 2.99. The second kappa shape index (κ2) is 5.39. The fourth-order valence-corrected chi connectivity index (χ4v) is 2.59. The van der Waals surface area contributed by atoms with E-state index in [0.717, 1.165) is 32.6 Å². The number of likely N-dealkylation sites (N-methyl/N-ethyl adjacent to an activating group) is 1. The minimum atomic E-state index is -0.0420. The third-order valence-corrected chi connectivity index (χ3v) is 3.66. The summed E-state index contributed by atoms with van der Waals surface area (Å²) >= 11 is 0. The first-order chi connectivity index (χ1) is 8.67. The smallest absolute Gasteiger partial charge is 0.274 e. The highest BCUT2D eigenvalue weighted by atomic mass is 16.2. The molecule has 1 amide bonds. The normalized spacial score (nSPS) is 19.7. The number of hydrogen-bond donors (Lipinski definition) is 2. The Balaban J connectivity index is 2.01. The number of nitrogens with two attached hydrogens (primary N) is 1. The molecule has 0 aliphatic carbocycles. The standard InChI is InChI=1S/C12H21N5O/c1-3-16(4-2)9-5-6-17(8-9)12(18)11-10(13)7-14-15-11/h7,9H,3-6,8,13H2,1-2H3,(H,14,15). The predicted octanol–water partition coefficient (Wildman–Crippen LogP) is 0.548. The van der Waals surface area contributed by atoms with E-state index in [1.807, 2.05) is 4.90 Å². The number of nitrogens with one attached hydrogen (secondary N) is 1. The van der Waals surface area contributed by atoms with Crippen LogP contribution >= 0.6 is 0 Å². The Morgan fingerprint density at radius 2 is 2.33 bits per heavy atom. The Hall–Kier alpha value is -1.56. The lowest BCUT2D eigenvalue weighted by Crippen LogP contribution is -2.38. The molecular formula is C12H21N5O. The largest absolute Gasteiger partial charge is 0.396 e. The number of nitrogen functional groups attached to an aromatic ring is 1. The number of carbonyl (C=O) groups excluding carboxylic acids is 1. The van der Waals surface area contributed by atoms with Crippen molar-refractivity contribution in [1.29, 1.82) is 0 Å². The lowest BCUT2D eigenvalue weighted by Gasteiger charge is -2.26. The highest BCUT2D eigenvalue weighted by Crippen LogP contribution is 2.19. The maximum absolute atomic E-state index is 12.2. The van der Waals surface area contributed by atoms with E-state index in [1.54, 1.807) is 0 Å². The Morgan fingerprint density at radius 1 is 1.61 bits per heavy atom. The number of aromatic amines is 1. The van der Waals surface area contributed by atoms with Crippen LogP contribution in [0.15, 0.2) is 6.20 Å². The van der Waals surface area contributed by atoms with Gasteiger partial charge >= 0.3 is 0 Å². The molecule has 1 aromatic rings. The molecule has 3 N–H and O–H groups in total. The summed E-state index contributed by atoms with van der Waals surface area (Å²) in [7, 11) is 0. The molecule has 18 heavy (non-hydrogen) atoms. The molecule has 0 radical (unpaired) electrons. The van der Waals surface area contributed by atoms with Gasteiger partial charge in [-0.25, -0.2) is 0 Å². The molecule has 1 fully saturated rings. The van der Waals surface area contributed by atoms with Crippen LogP contribution in [0.1, 0.15) is 30.8 Å². The fourth-order valence-electron chi connectivity index (χ4n) is 2.59. The van der Waals surface area contributed by atoms with Gasteiger partial charge in [-0.1, -0.05) is 13.8 Å². The molecule has 0 spiro atoms. The summed E-state index contributed by atoms with van der Waals surface area (Å²) in [4.78, 5) is 16.5. The van der Waals surface area contributed by atoms with Gasteiger partial charge < -0.3 is 10.6 Å². The third kappa shape index (κ3) is 2.33. The summed E-state index contributed by atoms with van der Waals surface area (Å²) in [5, 5.41) is 6.47. The molecule has 2 heterocycles. The van der Waals surface area contributed by atoms with E-state index in [4.69, 9.17) is 5.73 Å². The van der Waals surface area contributed by atoms with E-state index in [1.165, 1.54) is 6.20 Å². The van der Waals surface area contributed by atoms with Gasteiger partial charge in [0, 0.05) is 19.1 Å². The van der Waals surface area contributed by atoms with Gasteiger partial charge in [0.2, 0.25) is 0 Å². The summed E-state index contributed by atoms with van der Waals surface area (Å²) < 4.78 is 0. The molecule has 2 rings (SSSR count). The molecular weight excluding hydrogens is 230 g/mol. The Labute approximate surface area is 107 Å².